The number of aliphatic hydroxyl groups is 2. The zero-order chi connectivity index (χ0) is 13.6. The maximum atomic E-state index is 11.8. The van der Waals surface area contributed by atoms with Crippen LogP contribution in [0.2, 0.25) is 0 Å². The second-order valence-electron chi connectivity index (χ2n) is 4.79. The van der Waals surface area contributed by atoms with E-state index in [1.807, 2.05) is 30.3 Å². The molecule has 0 fully saturated rings. The van der Waals surface area contributed by atoms with Gasteiger partial charge in [-0.3, -0.25) is 4.79 Å². The Morgan fingerprint density at radius 2 is 2.00 bits per heavy atom. The quantitative estimate of drug-likeness (QED) is 0.711. The van der Waals surface area contributed by atoms with E-state index in [1.54, 1.807) is 13.8 Å². The number of carbonyl (C=O) groups is 1. The van der Waals surface area contributed by atoms with Crippen LogP contribution in [0.15, 0.2) is 30.3 Å². The minimum absolute atomic E-state index is 0.169. The fraction of sp³-hybridized carbons (Fsp3) is 0.500. The minimum Gasteiger partial charge on any atom is -0.394 e. The Kier molecular flexibility index (Phi) is 5.31. The van der Waals surface area contributed by atoms with Gasteiger partial charge in [-0.1, -0.05) is 30.3 Å². The van der Waals surface area contributed by atoms with E-state index >= 15 is 0 Å². The molecule has 1 aromatic rings. The van der Waals surface area contributed by atoms with Gasteiger partial charge in [0.25, 0.3) is 0 Å². The third-order valence-corrected chi connectivity index (χ3v) is 2.93. The standard InChI is InChI=1S/C14H21NO3/c1-11(17)8-9-13(18)15-14(2,10-16)12-6-4-3-5-7-12/h3-7,11,16-17H,8-10H2,1-2H3,(H,15,18). The molecule has 3 N–H and O–H groups in total. The summed E-state index contributed by atoms with van der Waals surface area (Å²) in [7, 11) is 0. The first-order valence-corrected chi connectivity index (χ1v) is 6.13. The van der Waals surface area contributed by atoms with E-state index in [4.69, 9.17) is 5.11 Å². The van der Waals surface area contributed by atoms with Crippen LogP contribution in [0.5, 0.6) is 0 Å². The maximum absolute atomic E-state index is 11.8. The molecule has 0 aromatic heterocycles. The van der Waals surface area contributed by atoms with Gasteiger partial charge in [0.1, 0.15) is 0 Å². The molecule has 0 aliphatic rings. The van der Waals surface area contributed by atoms with Crippen molar-refractivity contribution in [2.45, 2.75) is 38.3 Å². The van der Waals surface area contributed by atoms with Gasteiger partial charge in [0.2, 0.25) is 5.91 Å². The number of amides is 1. The summed E-state index contributed by atoms with van der Waals surface area (Å²) in [6, 6.07) is 9.35. The van der Waals surface area contributed by atoms with Crippen molar-refractivity contribution in [3.63, 3.8) is 0 Å². The first kappa shape index (κ1) is 14.7. The lowest BCUT2D eigenvalue weighted by Crippen LogP contribution is -2.46. The van der Waals surface area contributed by atoms with Crippen LogP contribution < -0.4 is 5.32 Å². The van der Waals surface area contributed by atoms with E-state index in [-0.39, 0.29) is 18.9 Å². The van der Waals surface area contributed by atoms with E-state index in [0.717, 1.165) is 5.56 Å². The molecule has 0 aliphatic carbocycles. The molecule has 0 spiro atoms. The number of benzene rings is 1. The predicted octanol–water partition coefficient (Wildman–Crippen LogP) is 1.17. The number of rotatable bonds is 6. The van der Waals surface area contributed by atoms with E-state index in [9.17, 15) is 9.90 Å². The highest BCUT2D eigenvalue weighted by Crippen LogP contribution is 2.20. The van der Waals surface area contributed by atoms with Crippen LogP contribution in [-0.2, 0) is 10.3 Å². The van der Waals surface area contributed by atoms with Gasteiger partial charge in [-0.15, -0.1) is 0 Å². The molecule has 2 atom stereocenters. The molecule has 4 nitrogen and oxygen atoms in total. The lowest BCUT2D eigenvalue weighted by atomic mass is 9.92. The highest BCUT2D eigenvalue weighted by atomic mass is 16.3. The van der Waals surface area contributed by atoms with Crippen molar-refractivity contribution in [2.24, 2.45) is 0 Å². The summed E-state index contributed by atoms with van der Waals surface area (Å²) in [5, 5.41) is 21.5. The van der Waals surface area contributed by atoms with Crippen LogP contribution in [0, 0.1) is 0 Å². The van der Waals surface area contributed by atoms with Gasteiger partial charge in [-0.2, -0.15) is 0 Å². The molecule has 0 saturated carbocycles. The fourth-order valence-electron chi connectivity index (χ4n) is 1.72. The molecule has 0 heterocycles. The molecule has 4 heteroatoms. The average Bonchev–Trinajstić information content (AvgIpc) is 2.37. The largest absolute Gasteiger partial charge is 0.394 e. The van der Waals surface area contributed by atoms with Gasteiger partial charge < -0.3 is 15.5 Å². The summed E-state index contributed by atoms with van der Waals surface area (Å²) >= 11 is 0. The number of aliphatic hydroxyl groups excluding tert-OH is 2. The highest BCUT2D eigenvalue weighted by Gasteiger charge is 2.27. The molecule has 1 amide bonds. The predicted molar refractivity (Wildman–Crippen MR) is 69.9 cm³/mol. The molecule has 1 aromatic carbocycles. The molecule has 0 aliphatic heterocycles. The SMILES string of the molecule is CC(O)CCC(=O)NC(C)(CO)c1ccccc1. The molecule has 0 saturated heterocycles. The molecule has 18 heavy (non-hydrogen) atoms. The van der Waals surface area contributed by atoms with Gasteiger partial charge in [0.05, 0.1) is 18.2 Å². The fourth-order valence-corrected chi connectivity index (χ4v) is 1.72. The van der Waals surface area contributed by atoms with E-state index in [1.165, 1.54) is 0 Å². The number of hydrogen-bond donors (Lipinski definition) is 3. The summed E-state index contributed by atoms with van der Waals surface area (Å²) in [4.78, 5) is 11.8. The summed E-state index contributed by atoms with van der Waals surface area (Å²) in [6.45, 7) is 3.26. The molecular formula is C14H21NO3. The highest BCUT2D eigenvalue weighted by molar-refractivity contribution is 5.77. The van der Waals surface area contributed by atoms with E-state index in [0.29, 0.717) is 6.42 Å². The van der Waals surface area contributed by atoms with Crippen molar-refractivity contribution >= 4 is 5.91 Å². The zero-order valence-electron chi connectivity index (χ0n) is 10.9. The van der Waals surface area contributed by atoms with Gasteiger partial charge in [0, 0.05) is 6.42 Å². The second kappa shape index (κ2) is 6.52. The van der Waals surface area contributed by atoms with Gasteiger partial charge in [0.15, 0.2) is 0 Å². The van der Waals surface area contributed by atoms with Crippen LogP contribution in [0.3, 0.4) is 0 Å². The zero-order valence-corrected chi connectivity index (χ0v) is 10.9. The van der Waals surface area contributed by atoms with Gasteiger partial charge >= 0.3 is 0 Å². The normalized spacial score (nSPS) is 15.8. The van der Waals surface area contributed by atoms with Crippen LogP contribution >= 0.6 is 0 Å². The second-order valence-corrected chi connectivity index (χ2v) is 4.79. The van der Waals surface area contributed by atoms with Crippen LogP contribution in [0.4, 0.5) is 0 Å². The van der Waals surface area contributed by atoms with E-state index < -0.39 is 11.6 Å². The number of carbonyl (C=O) groups excluding carboxylic acids is 1. The number of nitrogens with one attached hydrogen (secondary N) is 1. The Morgan fingerprint density at radius 3 is 2.50 bits per heavy atom. The maximum Gasteiger partial charge on any atom is 0.220 e. The smallest absolute Gasteiger partial charge is 0.220 e. The van der Waals surface area contributed by atoms with Gasteiger partial charge in [-0.05, 0) is 25.8 Å². The van der Waals surface area contributed by atoms with Crippen LogP contribution in [0.1, 0.15) is 32.3 Å². The summed E-state index contributed by atoms with van der Waals surface area (Å²) in [6.07, 6.45) is 0.176. The lowest BCUT2D eigenvalue weighted by molar-refractivity contribution is -0.124. The average molecular weight is 251 g/mol. The van der Waals surface area contributed by atoms with Crippen LogP contribution in [0.25, 0.3) is 0 Å². The van der Waals surface area contributed by atoms with Crippen molar-refractivity contribution in [3.8, 4) is 0 Å². The minimum atomic E-state index is -0.781. The number of hydrogen-bond acceptors (Lipinski definition) is 3. The van der Waals surface area contributed by atoms with Crippen LogP contribution in [-0.4, -0.2) is 28.8 Å². The summed E-state index contributed by atoms with van der Waals surface area (Å²) < 4.78 is 0. The Hall–Kier alpha value is -1.39. The lowest BCUT2D eigenvalue weighted by Gasteiger charge is -2.29. The molecule has 2 unspecified atom stereocenters. The van der Waals surface area contributed by atoms with Crippen molar-refractivity contribution in [1.82, 2.24) is 5.32 Å². The van der Waals surface area contributed by atoms with Crippen molar-refractivity contribution in [1.29, 1.82) is 0 Å². The Bertz CT molecular complexity index is 378. The molecule has 1 rings (SSSR count). The van der Waals surface area contributed by atoms with Gasteiger partial charge in [-0.25, -0.2) is 0 Å². The molecule has 100 valence electrons. The van der Waals surface area contributed by atoms with Crippen molar-refractivity contribution < 1.29 is 15.0 Å². The molecule has 0 bridgehead atoms. The topological polar surface area (TPSA) is 69.6 Å². The van der Waals surface area contributed by atoms with Crippen molar-refractivity contribution in [2.75, 3.05) is 6.61 Å². The molecule has 0 radical (unpaired) electrons. The Balaban J connectivity index is 2.69. The summed E-state index contributed by atoms with van der Waals surface area (Å²) in [5.41, 5.74) is 0.0784. The first-order chi connectivity index (χ1) is 8.48. The Labute approximate surface area is 108 Å². The third kappa shape index (κ3) is 4.13. The van der Waals surface area contributed by atoms with E-state index in [2.05, 4.69) is 5.32 Å². The van der Waals surface area contributed by atoms with Crippen molar-refractivity contribution in [3.05, 3.63) is 35.9 Å². The third-order valence-electron chi connectivity index (χ3n) is 2.93. The summed E-state index contributed by atoms with van der Waals surface area (Å²) in [5.74, 6) is -0.170. The monoisotopic (exact) mass is 251 g/mol. The molecular weight excluding hydrogens is 230 g/mol. The Morgan fingerprint density at radius 1 is 1.39 bits per heavy atom. The first-order valence-electron chi connectivity index (χ1n) is 6.13.